The molecular weight excluding hydrogens is 262 g/mol. The lowest BCUT2D eigenvalue weighted by Gasteiger charge is -2.27. The van der Waals surface area contributed by atoms with Crippen LogP contribution < -0.4 is 16.8 Å². The number of nitrogens with one attached hydrogen (secondary N) is 1. The molecule has 4 heteroatoms. The van der Waals surface area contributed by atoms with E-state index in [9.17, 15) is 4.79 Å². The Labute approximate surface area is 124 Å². The van der Waals surface area contributed by atoms with Gasteiger partial charge >= 0.3 is 0 Å². The van der Waals surface area contributed by atoms with Gasteiger partial charge in [-0.1, -0.05) is 6.07 Å². The Kier molecular flexibility index (Phi) is 3.52. The van der Waals surface area contributed by atoms with Gasteiger partial charge in [0.15, 0.2) is 0 Å². The molecular formula is C17H19N3O. The largest absolute Gasteiger partial charge is 0.399 e. The average molecular weight is 281 g/mol. The molecule has 0 aliphatic heterocycles. The molecule has 2 aromatic carbocycles. The highest BCUT2D eigenvalue weighted by Gasteiger charge is 2.20. The molecule has 3 rings (SSSR count). The number of primary amides is 1. The van der Waals surface area contributed by atoms with E-state index in [2.05, 4.69) is 17.4 Å². The van der Waals surface area contributed by atoms with Crippen molar-refractivity contribution in [2.24, 2.45) is 5.73 Å². The fourth-order valence-corrected chi connectivity index (χ4v) is 2.92. The van der Waals surface area contributed by atoms with Crippen molar-refractivity contribution in [3.8, 4) is 0 Å². The molecule has 4 nitrogen and oxygen atoms in total. The van der Waals surface area contributed by atoms with Gasteiger partial charge in [0, 0.05) is 16.9 Å². The van der Waals surface area contributed by atoms with Crippen molar-refractivity contribution in [1.82, 2.24) is 0 Å². The van der Waals surface area contributed by atoms with E-state index >= 15 is 0 Å². The van der Waals surface area contributed by atoms with E-state index in [4.69, 9.17) is 11.5 Å². The predicted molar refractivity (Wildman–Crippen MR) is 85.1 cm³/mol. The van der Waals surface area contributed by atoms with Crippen LogP contribution in [0.3, 0.4) is 0 Å². The van der Waals surface area contributed by atoms with Crippen LogP contribution in [0.15, 0.2) is 42.5 Å². The molecule has 0 heterocycles. The van der Waals surface area contributed by atoms with Crippen molar-refractivity contribution in [3.05, 3.63) is 59.2 Å². The molecule has 2 aromatic rings. The lowest BCUT2D eigenvalue weighted by atomic mass is 9.87. The second-order valence-corrected chi connectivity index (χ2v) is 5.49. The first kappa shape index (κ1) is 13.5. The summed E-state index contributed by atoms with van der Waals surface area (Å²) in [7, 11) is 0. The SMILES string of the molecule is NC(=O)c1ccc(NC2CCCc3cc(N)ccc32)cc1. The van der Waals surface area contributed by atoms with Crippen LogP contribution in [0.5, 0.6) is 0 Å². The van der Waals surface area contributed by atoms with Crippen LogP contribution >= 0.6 is 0 Å². The monoisotopic (exact) mass is 281 g/mol. The molecule has 21 heavy (non-hydrogen) atoms. The van der Waals surface area contributed by atoms with E-state index in [1.165, 1.54) is 11.1 Å². The maximum atomic E-state index is 11.1. The van der Waals surface area contributed by atoms with Crippen LogP contribution in [0.25, 0.3) is 0 Å². The summed E-state index contributed by atoms with van der Waals surface area (Å²) in [5, 5.41) is 3.53. The summed E-state index contributed by atoms with van der Waals surface area (Å²) < 4.78 is 0. The number of anilines is 2. The second kappa shape index (κ2) is 5.48. The van der Waals surface area contributed by atoms with Gasteiger partial charge in [0.25, 0.3) is 0 Å². The summed E-state index contributed by atoms with van der Waals surface area (Å²) >= 11 is 0. The highest BCUT2D eigenvalue weighted by atomic mass is 16.1. The maximum absolute atomic E-state index is 11.1. The third-order valence-electron chi connectivity index (χ3n) is 3.99. The minimum atomic E-state index is -0.403. The predicted octanol–water partition coefficient (Wildman–Crippen LogP) is 2.86. The molecule has 0 bridgehead atoms. The molecule has 1 unspecified atom stereocenters. The van der Waals surface area contributed by atoms with E-state index in [0.717, 1.165) is 30.6 Å². The van der Waals surface area contributed by atoms with Gasteiger partial charge in [-0.15, -0.1) is 0 Å². The van der Waals surface area contributed by atoms with Crippen molar-refractivity contribution < 1.29 is 4.79 Å². The van der Waals surface area contributed by atoms with Crippen molar-refractivity contribution in [2.45, 2.75) is 25.3 Å². The van der Waals surface area contributed by atoms with Gasteiger partial charge in [0.1, 0.15) is 0 Å². The quantitative estimate of drug-likeness (QED) is 0.757. The normalized spacial score (nSPS) is 17.0. The van der Waals surface area contributed by atoms with Crippen molar-refractivity contribution in [3.63, 3.8) is 0 Å². The molecule has 1 aliphatic carbocycles. The number of fused-ring (bicyclic) bond motifs is 1. The molecule has 5 N–H and O–H groups in total. The smallest absolute Gasteiger partial charge is 0.248 e. The maximum Gasteiger partial charge on any atom is 0.248 e. The van der Waals surface area contributed by atoms with Gasteiger partial charge in [0.2, 0.25) is 5.91 Å². The Morgan fingerprint density at radius 2 is 1.90 bits per heavy atom. The number of hydrogen-bond donors (Lipinski definition) is 3. The zero-order chi connectivity index (χ0) is 14.8. The number of nitrogens with two attached hydrogens (primary N) is 2. The average Bonchev–Trinajstić information content (AvgIpc) is 2.47. The molecule has 0 fully saturated rings. The van der Waals surface area contributed by atoms with Crippen LogP contribution in [0.1, 0.15) is 40.4 Å². The zero-order valence-corrected chi connectivity index (χ0v) is 11.8. The lowest BCUT2D eigenvalue weighted by molar-refractivity contribution is 0.100. The van der Waals surface area contributed by atoms with Gasteiger partial charge in [0.05, 0.1) is 6.04 Å². The first-order valence-corrected chi connectivity index (χ1v) is 7.18. The summed E-state index contributed by atoms with van der Waals surface area (Å²) in [5.74, 6) is -0.403. The number of carbonyl (C=O) groups excluding carboxylic acids is 1. The van der Waals surface area contributed by atoms with Crippen molar-refractivity contribution >= 4 is 17.3 Å². The Morgan fingerprint density at radius 1 is 1.14 bits per heavy atom. The molecule has 0 spiro atoms. The van der Waals surface area contributed by atoms with Crippen LogP contribution in [0, 0.1) is 0 Å². The van der Waals surface area contributed by atoms with Gasteiger partial charge in [-0.05, 0) is 66.8 Å². The molecule has 108 valence electrons. The first-order chi connectivity index (χ1) is 10.1. The van der Waals surface area contributed by atoms with Gasteiger partial charge in [-0.25, -0.2) is 0 Å². The van der Waals surface area contributed by atoms with Crippen LogP contribution in [-0.4, -0.2) is 5.91 Å². The number of benzene rings is 2. The first-order valence-electron chi connectivity index (χ1n) is 7.18. The third kappa shape index (κ3) is 2.84. The van der Waals surface area contributed by atoms with E-state index in [0.29, 0.717) is 5.56 Å². The van der Waals surface area contributed by atoms with Crippen LogP contribution in [0.2, 0.25) is 0 Å². The minimum absolute atomic E-state index is 0.286. The molecule has 0 saturated heterocycles. The molecule has 1 amide bonds. The van der Waals surface area contributed by atoms with E-state index in [1.807, 2.05) is 18.2 Å². The topological polar surface area (TPSA) is 81.1 Å². The summed E-state index contributed by atoms with van der Waals surface area (Å²) in [5.41, 5.74) is 16.1. The zero-order valence-electron chi connectivity index (χ0n) is 11.8. The van der Waals surface area contributed by atoms with Gasteiger partial charge in [-0.3, -0.25) is 4.79 Å². The standard InChI is InChI=1S/C17H19N3O/c18-13-6-9-15-12(10-13)2-1-3-16(15)20-14-7-4-11(5-8-14)17(19)21/h4-10,16,20H,1-3,18H2,(H2,19,21). The Balaban J connectivity index is 1.81. The molecule has 0 radical (unpaired) electrons. The highest BCUT2D eigenvalue weighted by molar-refractivity contribution is 5.93. The Bertz CT molecular complexity index is 664. The van der Waals surface area contributed by atoms with Crippen molar-refractivity contribution in [2.75, 3.05) is 11.1 Å². The minimum Gasteiger partial charge on any atom is -0.399 e. The lowest BCUT2D eigenvalue weighted by Crippen LogP contribution is -2.17. The summed E-state index contributed by atoms with van der Waals surface area (Å²) in [4.78, 5) is 11.1. The number of amides is 1. The summed E-state index contributed by atoms with van der Waals surface area (Å²) in [6.45, 7) is 0. The fraction of sp³-hybridized carbons (Fsp3) is 0.235. The summed E-state index contributed by atoms with van der Waals surface area (Å²) in [6, 6.07) is 13.7. The van der Waals surface area contributed by atoms with E-state index in [-0.39, 0.29) is 6.04 Å². The number of rotatable bonds is 3. The second-order valence-electron chi connectivity index (χ2n) is 5.49. The molecule has 0 aromatic heterocycles. The van der Waals surface area contributed by atoms with Crippen LogP contribution in [-0.2, 0) is 6.42 Å². The van der Waals surface area contributed by atoms with E-state index in [1.54, 1.807) is 12.1 Å². The summed E-state index contributed by atoms with van der Waals surface area (Å²) in [6.07, 6.45) is 3.32. The Hall–Kier alpha value is -2.49. The highest BCUT2D eigenvalue weighted by Crippen LogP contribution is 2.33. The van der Waals surface area contributed by atoms with E-state index < -0.39 is 5.91 Å². The van der Waals surface area contributed by atoms with Crippen molar-refractivity contribution in [1.29, 1.82) is 0 Å². The fourth-order valence-electron chi connectivity index (χ4n) is 2.92. The Morgan fingerprint density at radius 3 is 2.62 bits per heavy atom. The molecule has 1 atom stereocenters. The molecule has 0 saturated carbocycles. The van der Waals surface area contributed by atoms with Crippen LogP contribution in [0.4, 0.5) is 11.4 Å². The number of carbonyl (C=O) groups is 1. The number of hydrogen-bond acceptors (Lipinski definition) is 3. The van der Waals surface area contributed by atoms with Gasteiger partial charge in [-0.2, -0.15) is 0 Å². The number of nitrogen functional groups attached to an aromatic ring is 1. The molecule has 1 aliphatic rings. The van der Waals surface area contributed by atoms with Gasteiger partial charge < -0.3 is 16.8 Å². The third-order valence-corrected chi connectivity index (χ3v) is 3.99. The number of aryl methyl sites for hydroxylation is 1.